The number of carbonyl (C=O) groups is 4. The molecule has 5 atom stereocenters. The van der Waals surface area contributed by atoms with E-state index in [9.17, 15) is 24.3 Å². The number of aliphatic hydroxyl groups excluding tert-OH is 1. The van der Waals surface area contributed by atoms with E-state index < -0.39 is 41.5 Å². The second kappa shape index (κ2) is 15.2. The fraction of sp³-hybridized carbons (Fsp3) is 0.667. The molecule has 0 radical (unpaired) electrons. The molecule has 1 heterocycles. The van der Waals surface area contributed by atoms with E-state index in [4.69, 9.17) is 9.47 Å². The molecule has 0 aromatic heterocycles. The minimum absolute atomic E-state index is 0.0179. The van der Waals surface area contributed by atoms with Crippen LogP contribution in [0.4, 0.5) is 0 Å². The Kier molecular flexibility index (Phi) is 12.7. The second-order valence-electron chi connectivity index (χ2n) is 11.6. The van der Waals surface area contributed by atoms with Crippen molar-refractivity contribution >= 4 is 23.4 Å². The molecule has 0 bridgehead atoms. The molecule has 9 nitrogen and oxygen atoms in total. The van der Waals surface area contributed by atoms with Crippen molar-refractivity contribution in [2.75, 3.05) is 20.3 Å². The van der Waals surface area contributed by atoms with E-state index in [0.29, 0.717) is 25.9 Å². The van der Waals surface area contributed by atoms with Crippen LogP contribution in [0, 0.1) is 17.8 Å². The molecule has 9 heteroatoms. The minimum Gasteiger partial charge on any atom is -0.384 e. The summed E-state index contributed by atoms with van der Waals surface area (Å²) in [4.78, 5) is 52.3. The molecule has 0 unspecified atom stereocenters. The Morgan fingerprint density at radius 2 is 1.54 bits per heavy atom. The number of ketones is 2. The first-order chi connectivity index (χ1) is 18.4. The van der Waals surface area contributed by atoms with Crippen molar-refractivity contribution in [2.45, 2.75) is 90.5 Å². The maximum atomic E-state index is 13.4. The van der Waals surface area contributed by atoms with Gasteiger partial charge >= 0.3 is 0 Å². The number of benzene rings is 1. The van der Waals surface area contributed by atoms with Crippen LogP contribution in [0.15, 0.2) is 30.3 Å². The monoisotopic (exact) mass is 546 g/mol. The number of epoxide rings is 1. The summed E-state index contributed by atoms with van der Waals surface area (Å²) in [6, 6.07) is 7.95. The molecule has 1 saturated heterocycles. The Bertz CT molecular complexity index is 959. The molecule has 39 heavy (non-hydrogen) atoms. The van der Waals surface area contributed by atoms with Crippen LogP contribution < -0.4 is 10.6 Å². The van der Waals surface area contributed by atoms with Gasteiger partial charge in [-0.15, -0.1) is 0 Å². The van der Waals surface area contributed by atoms with Gasteiger partial charge in [-0.3, -0.25) is 19.2 Å². The first-order valence-corrected chi connectivity index (χ1v) is 13.9. The fourth-order valence-corrected chi connectivity index (χ4v) is 4.51. The van der Waals surface area contributed by atoms with Crippen LogP contribution in [0.2, 0.25) is 0 Å². The van der Waals surface area contributed by atoms with Crippen molar-refractivity contribution in [2.24, 2.45) is 17.8 Å². The first kappa shape index (κ1) is 32.6. The van der Waals surface area contributed by atoms with Gasteiger partial charge in [-0.2, -0.15) is 0 Å². The summed E-state index contributed by atoms with van der Waals surface area (Å²) >= 11 is 0. The van der Waals surface area contributed by atoms with Gasteiger partial charge in [0, 0.05) is 13.5 Å². The fourth-order valence-electron chi connectivity index (χ4n) is 4.51. The van der Waals surface area contributed by atoms with E-state index in [1.54, 1.807) is 6.92 Å². The van der Waals surface area contributed by atoms with Crippen LogP contribution >= 0.6 is 0 Å². The van der Waals surface area contributed by atoms with Crippen molar-refractivity contribution < 1.29 is 33.8 Å². The molecule has 1 aromatic rings. The van der Waals surface area contributed by atoms with Crippen LogP contribution in [0.1, 0.15) is 65.9 Å². The van der Waals surface area contributed by atoms with Crippen LogP contribution in [0.5, 0.6) is 0 Å². The summed E-state index contributed by atoms with van der Waals surface area (Å²) in [5.74, 6) is -2.17. The zero-order valence-corrected chi connectivity index (χ0v) is 24.2. The van der Waals surface area contributed by atoms with Gasteiger partial charge in [-0.05, 0) is 50.0 Å². The molecular formula is C30H46N2O7. The van der Waals surface area contributed by atoms with Crippen molar-refractivity contribution in [3.8, 4) is 0 Å². The highest BCUT2D eigenvalue weighted by Gasteiger charge is 2.50. The summed E-state index contributed by atoms with van der Waals surface area (Å²) in [6.45, 7) is 9.80. The van der Waals surface area contributed by atoms with Gasteiger partial charge in [-0.25, -0.2) is 0 Å². The number of carbonyl (C=O) groups excluding carboxylic acids is 4. The lowest BCUT2D eigenvalue weighted by Crippen LogP contribution is -2.50. The molecule has 218 valence electrons. The summed E-state index contributed by atoms with van der Waals surface area (Å²) in [7, 11) is 1.44. The molecule has 0 spiro atoms. The van der Waals surface area contributed by atoms with Crippen molar-refractivity contribution in [1.29, 1.82) is 0 Å². The molecular weight excluding hydrogens is 500 g/mol. The number of amides is 2. The third-order valence-electron chi connectivity index (χ3n) is 6.89. The van der Waals surface area contributed by atoms with Crippen LogP contribution in [0.25, 0.3) is 0 Å². The quantitative estimate of drug-likeness (QED) is 0.241. The van der Waals surface area contributed by atoms with Gasteiger partial charge in [0.1, 0.15) is 11.7 Å². The van der Waals surface area contributed by atoms with Gasteiger partial charge in [0.25, 0.3) is 0 Å². The number of hydrogen-bond donors (Lipinski definition) is 3. The van der Waals surface area contributed by atoms with Gasteiger partial charge in [0.2, 0.25) is 11.8 Å². The summed E-state index contributed by atoms with van der Waals surface area (Å²) < 4.78 is 10.5. The predicted octanol–water partition coefficient (Wildman–Crippen LogP) is 2.62. The van der Waals surface area contributed by atoms with E-state index in [2.05, 4.69) is 10.6 Å². The Labute approximate surface area is 232 Å². The molecule has 3 N–H and O–H groups in total. The molecule has 1 aliphatic heterocycles. The molecule has 1 aliphatic rings. The number of aryl methyl sites for hydroxylation is 1. The predicted molar refractivity (Wildman–Crippen MR) is 148 cm³/mol. The minimum atomic E-state index is -1.26. The van der Waals surface area contributed by atoms with Crippen LogP contribution in [-0.2, 0) is 35.1 Å². The lowest BCUT2D eigenvalue weighted by atomic mass is 9.91. The number of nitrogens with one attached hydrogen (secondary N) is 2. The van der Waals surface area contributed by atoms with E-state index >= 15 is 0 Å². The van der Waals surface area contributed by atoms with Crippen molar-refractivity contribution in [1.82, 2.24) is 10.6 Å². The number of rotatable bonds is 18. The summed E-state index contributed by atoms with van der Waals surface area (Å²) in [5.41, 5.74) is 0.122. The molecule has 0 saturated carbocycles. The number of Topliss-reactive ketones (excluding diaryl/α,β-unsaturated/α-hetero) is 2. The average Bonchev–Trinajstić information content (AvgIpc) is 3.63. The lowest BCUT2D eigenvalue weighted by Gasteiger charge is -2.26. The maximum Gasteiger partial charge on any atom is 0.249 e. The first-order valence-electron chi connectivity index (χ1n) is 13.9. The van der Waals surface area contributed by atoms with Gasteiger partial charge in [0.05, 0.1) is 31.2 Å². The van der Waals surface area contributed by atoms with Crippen LogP contribution in [0.3, 0.4) is 0 Å². The van der Waals surface area contributed by atoms with E-state index in [1.165, 1.54) is 7.11 Å². The van der Waals surface area contributed by atoms with E-state index in [1.807, 2.05) is 58.0 Å². The largest absolute Gasteiger partial charge is 0.384 e. The van der Waals surface area contributed by atoms with Gasteiger partial charge in [-0.1, -0.05) is 58.0 Å². The normalized spacial score (nSPS) is 19.7. The number of ether oxygens (including phenoxy) is 2. The zero-order chi connectivity index (χ0) is 29.2. The van der Waals surface area contributed by atoms with E-state index in [0.717, 1.165) is 5.56 Å². The smallest absolute Gasteiger partial charge is 0.249 e. The molecule has 1 aromatic carbocycles. The maximum absolute atomic E-state index is 13.4. The molecule has 2 amide bonds. The standard InChI is InChI=1S/C30H46N2O7/c1-19(2)14-23(31-29(37)25(33)13-12-21-10-8-7-9-11-21)26(34)16-22(17-38-6)28(36)32-24(15-20(3)4)27(35)30(5)18-39-30/h7-11,19-20,22-25,33H,12-18H2,1-6H3,(H,31,37)(H,32,36)/t22-,23-,24-,25-,30+/m0/s1. The van der Waals surface area contributed by atoms with Crippen LogP contribution in [-0.4, -0.2) is 72.6 Å². The highest BCUT2D eigenvalue weighted by molar-refractivity contribution is 5.98. The van der Waals surface area contributed by atoms with E-state index in [-0.39, 0.29) is 42.9 Å². The highest BCUT2D eigenvalue weighted by atomic mass is 16.6. The second-order valence-corrected chi connectivity index (χ2v) is 11.6. The van der Waals surface area contributed by atoms with Crippen molar-refractivity contribution in [3.63, 3.8) is 0 Å². The number of methoxy groups -OCH3 is 1. The zero-order valence-electron chi connectivity index (χ0n) is 24.2. The van der Waals surface area contributed by atoms with Gasteiger partial charge < -0.3 is 25.2 Å². The molecule has 0 aliphatic carbocycles. The Hall–Kier alpha value is -2.62. The number of hydrogen-bond acceptors (Lipinski definition) is 7. The average molecular weight is 547 g/mol. The number of aliphatic hydroxyl groups is 1. The summed E-state index contributed by atoms with van der Waals surface area (Å²) in [6.07, 6.45) is 0.120. The SMILES string of the molecule is COC[C@H](CC(=O)[C@H](CC(C)C)NC(=O)[C@@H](O)CCc1ccccc1)C(=O)N[C@@H](CC(C)C)C(=O)[C@@]1(C)CO1. The van der Waals surface area contributed by atoms with Crippen molar-refractivity contribution in [3.05, 3.63) is 35.9 Å². The third-order valence-corrected chi connectivity index (χ3v) is 6.89. The molecule has 2 rings (SSSR count). The Morgan fingerprint density at radius 1 is 0.974 bits per heavy atom. The Balaban J connectivity index is 2.05. The highest BCUT2D eigenvalue weighted by Crippen LogP contribution is 2.30. The third kappa shape index (κ3) is 10.8. The van der Waals surface area contributed by atoms with Gasteiger partial charge in [0.15, 0.2) is 11.6 Å². The lowest BCUT2D eigenvalue weighted by molar-refractivity contribution is -0.137. The topological polar surface area (TPSA) is 134 Å². The molecule has 1 fully saturated rings. The Morgan fingerprint density at radius 3 is 2.08 bits per heavy atom. The summed E-state index contributed by atoms with van der Waals surface area (Å²) in [5, 5.41) is 16.0.